The summed E-state index contributed by atoms with van der Waals surface area (Å²) in [4.78, 5) is 29.0. The number of carbonyl (C=O) groups excluding carboxylic acids is 2. The van der Waals surface area contributed by atoms with Gasteiger partial charge in [0.25, 0.3) is 0 Å². The fourth-order valence-electron chi connectivity index (χ4n) is 3.39. The highest BCUT2D eigenvalue weighted by Gasteiger charge is 2.55. The van der Waals surface area contributed by atoms with Crippen LogP contribution in [0.5, 0.6) is 0 Å². The lowest BCUT2D eigenvalue weighted by atomic mass is 9.85. The largest absolute Gasteiger partial charge is 0.467 e. The number of para-hydroxylation sites is 1. The molecule has 0 amide bonds. The molecule has 5 nitrogen and oxygen atoms in total. The Hall–Kier alpha value is -3.08. The molecule has 0 saturated carbocycles. The van der Waals surface area contributed by atoms with Gasteiger partial charge >= 0.3 is 5.97 Å². The Balaban J connectivity index is 2.01. The first-order valence-corrected chi connectivity index (χ1v) is 7.66. The maximum Gasteiger partial charge on any atom is 0.344 e. The van der Waals surface area contributed by atoms with Crippen molar-refractivity contribution in [2.45, 2.75) is 12.5 Å². The zero-order valence-corrected chi connectivity index (χ0v) is 13.3. The van der Waals surface area contributed by atoms with Crippen LogP contribution in [-0.4, -0.2) is 23.8 Å². The molecule has 1 aromatic heterocycles. The summed E-state index contributed by atoms with van der Waals surface area (Å²) in [6.45, 7) is 1.97. The molecule has 0 aliphatic carbocycles. The molecule has 0 spiro atoms. The first kappa shape index (κ1) is 14.5. The number of aryl methyl sites for hydroxylation is 1. The van der Waals surface area contributed by atoms with Crippen molar-refractivity contribution in [2.75, 3.05) is 12.4 Å². The first-order chi connectivity index (χ1) is 11.6. The molecular formula is C19H16N2O3. The molecule has 24 heavy (non-hydrogen) atoms. The maximum absolute atomic E-state index is 13.2. The lowest BCUT2D eigenvalue weighted by molar-refractivity contribution is -0.144. The Morgan fingerprint density at radius 1 is 1.17 bits per heavy atom. The van der Waals surface area contributed by atoms with E-state index in [4.69, 9.17) is 4.74 Å². The molecular weight excluding hydrogens is 304 g/mol. The van der Waals surface area contributed by atoms with Crippen LogP contribution in [0.3, 0.4) is 0 Å². The van der Waals surface area contributed by atoms with Crippen molar-refractivity contribution < 1.29 is 14.3 Å². The lowest BCUT2D eigenvalue weighted by Gasteiger charge is -2.25. The van der Waals surface area contributed by atoms with Gasteiger partial charge in [-0.1, -0.05) is 23.8 Å². The number of rotatable bonds is 2. The number of hydrogen-bond acceptors (Lipinski definition) is 4. The molecule has 0 radical (unpaired) electrons. The van der Waals surface area contributed by atoms with Gasteiger partial charge in [-0.05, 0) is 31.2 Å². The summed E-state index contributed by atoms with van der Waals surface area (Å²) in [7, 11) is 1.29. The van der Waals surface area contributed by atoms with Crippen LogP contribution in [0.4, 0.5) is 5.69 Å². The molecule has 5 heteroatoms. The number of H-pyrrole nitrogens is 1. The number of anilines is 1. The van der Waals surface area contributed by atoms with Crippen molar-refractivity contribution in [2.24, 2.45) is 0 Å². The molecule has 3 aromatic rings. The number of aromatic amines is 1. The molecule has 2 N–H and O–H groups in total. The molecule has 1 atom stereocenters. The van der Waals surface area contributed by atoms with Gasteiger partial charge in [0, 0.05) is 33.9 Å². The summed E-state index contributed by atoms with van der Waals surface area (Å²) in [5, 5.41) is 3.95. The lowest BCUT2D eigenvalue weighted by Crippen LogP contribution is -2.47. The zero-order chi connectivity index (χ0) is 16.9. The number of aromatic nitrogens is 1. The SMILES string of the molecule is COC(=O)C1(c2c[nH]c3ccc(C)cc23)Nc2ccccc2C1=O. The van der Waals surface area contributed by atoms with Crippen molar-refractivity contribution in [1.82, 2.24) is 4.98 Å². The third-order valence-corrected chi connectivity index (χ3v) is 4.57. The third kappa shape index (κ3) is 1.75. The number of ether oxygens (including phenoxy) is 1. The van der Waals surface area contributed by atoms with Crippen molar-refractivity contribution >= 4 is 28.3 Å². The van der Waals surface area contributed by atoms with Crippen LogP contribution in [-0.2, 0) is 15.1 Å². The van der Waals surface area contributed by atoms with Crippen LogP contribution in [0, 0.1) is 6.92 Å². The topological polar surface area (TPSA) is 71.2 Å². The Morgan fingerprint density at radius 2 is 1.96 bits per heavy atom. The van der Waals surface area contributed by atoms with Crippen LogP contribution >= 0.6 is 0 Å². The van der Waals surface area contributed by atoms with E-state index >= 15 is 0 Å². The smallest absolute Gasteiger partial charge is 0.344 e. The minimum absolute atomic E-state index is 0.299. The first-order valence-electron chi connectivity index (χ1n) is 7.66. The van der Waals surface area contributed by atoms with Gasteiger partial charge in [-0.25, -0.2) is 4.79 Å². The summed E-state index contributed by atoms with van der Waals surface area (Å²) in [5.41, 5.74) is 2.05. The number of Topliss-reactive ketones (excluding diaryl/α,β-unsaturated/α-hetero) is 1. The van der Waals surface area contributed by atoms with Gasteiger partial charge in [0.2, 0.25) is 11.3 Å². The minimum Gasteiger partial charge on any atom is -0.467 e. The molecule has 2 aromatic carbocycles. The molecule has 0 fully saturated rings. The van der Waals surface area contributed by atoms with Crippen molar-refractivity contribution in [3.8, 4) is 0 Å². The highest BCUT2D eigenvalue weighted by atomic mass is 16.5. The summed E-state index contributed by atoms with van der Waals surface area (Å²) in [5.74, 6) is -0.918. The van der Waals surface area contributed by atoms with E-state index in [2.05, 4.69) is 10.3 Å². The molecule has 2 heterocycles. The number of carbonyl (C=O) groups is 2. The van der Waals surface area contributed by atoms with Gasteiger partial charge in [0.05, 0.1) is 7.11 Å². The van der Waals surface area contributed by atoms with E-state index in [1.807, 2.05) is 31.2 Å². The molecule has 1 unspecified atom stereocenters. The van der Waals surface area contributed by atoms with Gasteiger partial charge in [-0.2, -0.15) is 0 Å². The second-order valence-corrected chi connectivity index (χ2v) is 5.99. The number of methoxy groups -OCH3 is 1. The quantitative estimate of drug-likeness (QED) is 0.562. The Bertz CT molecular complexity index is 989. The molecule has 120 valence electrons. The van der Waals surface area contributed by atoms with Crippen molar-refractivity contribution in [1.29, 1.82) is 0 Å². The Kier molecular flexibility index (Phi) is 3.00. The zero-order valence-electron chi connectivity index (χ0n) is 13.3. The van der Waals surface area contributed by atoms with E-state index in [-0.39, 0.29) is 5.78 Å². The number of nitrogens with one attached hydrogen (secondary N) is 2. The van der Waals surface area contributed by atoms with Gasteiger partial charge in [-0.15, -0.1) is 0 Å². The normalized spacial score (nSPS) is 19.2. The predicted molar refractivity (Wildman–Crippen MR) is 91.1 cm³/mol. The van der Waals surface area contributed by atoms with E-state index in [1.165, 1.54) is 7.11 Å². The van der Waals surface area contributed by atoms with Gasteiger partial charge in [0.15, 0.2) is 0 Å². The minimum atomic E-state index is -1.56. The standard InChI is InChI=1S/C19H16N2O3/c1-11-7-8-15-13(9-11)14(10-20-15)19(18(23)24-2)17(22)12-5-3-4-6-16(12)21-19/h3-10,20-21H,1-2H3. The van der Waals surface area contributed by atoms with E-state index < -0.39 is 11.5 Å². The average molecular weight is 320 g/mol. The summed E-state index contributed by atoms with van der Waals surface area (Å²) >= 11 is 0. The number of hydrogen-bond donors (Lipinski definition) is 2. The summed E-state index contributed by atoms with van der Waals surface area (Å²) in [6.07, 6.45) is 1.71. The number of fused-ring (bicyclic) bond motifs is 2. The molecule has 1 aliphatic rings. The average Bonchev–Trinajstić information content (AvgIpc) is 3.14. The van der Waals surface area contributed by atoms with E-state index in [0.29, 0.717) is 16.8 Å². The summed E-state index contributed by atoms with van der Waals surface area (Å²) in [6, 6.07) is 13.0. The monoisotopic (exact) mass is 320 g/mol. The number of benzene rings is 2. The molecule has 4 rings (SSSR count). The second kappa shape index (κ2) is 4.96. The molecule has 0 saturated heterocycles. The van der Waals surface area contributed by atoms with Crippen molar-refractivity contribution in [3.63, 3.8) is 0 Å². The highest BCUT2D eigenvalue weighted by molar-refractivity contribution is 6.25. The highest BCUT2D eigenvalue weighted by Crippen LogP contribution is 2.42. The third-order valence-electron chi connectivity index (χ3n) is 4.57. The predicted octanol–water partition coefficient (Wildman–Crippen LogP) is 3.15. The van der Waals surface area contributed by atoms with Gasteiger partial charge in [-0.3, -0.25) is 4.79 Å². The Labute approximate surface area is 138 Å². The van der Waals surface area contributed by atoms with Gasteiger partial charge < -0.3 is 15.0 Å². The van der Waals surface area contributed by atoms with E-state index in [9.17, 15) is 9.59 Å². The van der Waals surface area contributed by atoms with Crippen LogP contribution in [0.2, 0.25) is 0 Å². The fraction of sp³-hybridized carbons (Fsp3) is 0.158. The fourth-order valence-corrected chi connectivity index (χ4v) is 3.39. The van der Waals surface area contributed by atoms with Crippen LogP contribution < -0.4 is 5.32 Å². The molecule has 0 bridgehead atoms. The van der Waals surface area contributed by atoms with Crippen molar-refractivity contribution in [3.05, 3.63) is 65.4 Å². The van der Waals surface area contributed by atoms with Crippen LogP contribution in [0.1, 0.15) is 21.5 Å². The van der Waals surface area contributed by atoms with Crippen LogP contribution in [0.25, 0.3) is 10.9 Å². The van der Waals surface area contributed by atoms with E-state index in [0.717, 1.165) is 16.5 Å². The second-order valence-electron chi connectivity index (χ2n) is 5.99. The number of ketones is 1. The Morgan fingerprint density at radius 3 is 2.71 bits per heavy atom. The van der Waals surface area contributed by atoms with Crippen LogP contribution in [0.15, 0.2) is 48.7 Å². The van der Waals surface area contributed by atoms with E-state index in [1.54, 1.807) is 24.4 Å². The summed E-state index contributed by atoms with van der Waals surface area (Å²) < 4.78 is 5.01. The van der Waals surface area contributed by atoms with Gasteiger partial charge in [0.1, 0.15) is 0 Å². The number of esters is 1. The maximum atomic E-state index is 13.2. The molecule has 1 aliphatic heterocycles.